The number of aryl methyl sites for hydroxylation is 3. The highest BCUT2D eigenvalue weighted by Gasteiger charge is 2.15. The molecule has 0 bridgehead atoms. The molecule has 0 heterocycles. The Morgan fingerprint density at radius 2 is 1.57 bits per heavy atom. The molecule has 0 fully saturated rings. The van der Waals surface area contributed by atoms with Crippen LogP contribution in [0.4, 0.5) is 11.4 Å². The Hall–Kier alpha value is -2.71. The Morgan fingerprint density at radius 1 is 0.900 bits per heavy atom. The molecule has 0 radical (unpaired) electrons. The van der Waals surface area contributed by atoms with Crippen LogP contribution in [0.2, 0.25) is 0 Å². The number of hydrogen-bond donors (Lipinski definition) is 3. The highest BCUT2D eigenvalue weighted by atomic mass is 32.2. The summed E-state index contributed by atoms with van der Waals surface area (Å²) in [7, 11) is -3.68. The van der Waals surface area contributed by atoms with E-state index in [1.807, 2.05) is 20.8 Å². The van der Waals surface area contributed by atoms with Crippen molar-refractivity contribution < 1.29 is 18.0 Å². The first-order valence-corrected chi connectivity index (χ1v) is 11.3. The molecule has 7 nitrogen and oxygen atoms in total. The largest absolute Gasteiger partial charge is 0.326 e. The van der Waals surface area contributed by atoms with Crippen molar-refractivity contribution in [3.63, 3.8) is 0 Å². The Balaban J connectivity index is 1.96. The summed E-state index contributed by atoms with van der Waals surface area (Å²) in [6, 6.07) is 10.2. The standard InChI is InChI=1S/C22H29N3O4S/c1-14(2)22(27)24-18-8-6-16(4)20(13-18)25-21(26)10-11-23-30(28,29)19-9-7-15(3)17(5)12-19/h6-9,12-14,23H,10-11H2,1-5H3,(H,24,27)(H,25,26). The van der Waals surface area contributed by atoms with Crippen LogP contribution in [0.1, 0.15) is 37.0 Å². The van der Waals surface area contributed by atoms with Crippen LogP contribution in [-0.4, -0.2) is 26.8 Å². The summed E-state index contributed by atoms with van der Waals surface area (Å²) in [5.74, 6) is -0.597. The van der Waals surface area contributed by atoms with Crippen LogP contribution in [0.5, 0.6) is 0 Å². The van der Waals surface area contributed by atoms with Crippen molar-refractivity contribution in [3.05, 3.63) is 53.1 Å². The molecule has 2 aromatic rings. The van der Waals surface area contributed by atoms with E-state index in [1.54, 1.807) is 50.2 Å². The van der Waals surface area contributed by atoms with Gasteiger partial charge < -0.3 is 10.6 Å². The normalized spacial score (nSPS) is 11.4. The number of amides is 2. The van der Waals surface area contributed by atoms with Gasteiger partial charge in [0.25, 0.3) is 0 Å². The molecule has 0 aliphatic carbocycles. The number of anilines is 2. The minimum atomic E-state index is -3.68. The molecule has 0 saturated carbocycles. The number of benzene rings is 2. The van der Waals surface area contributed by atoms with Gasteiger partial charge in [-0.3, -0.25) is 9.59 Å². The summed E-state index contributed by atoms with van der Waals surface area (Å²) in [6.07, 6.45) is -0.0217. The fourth-order valence-corrected chi connectivity index (χ4v) is 3.71. The van der Waals surface area contributed by atoms with Crippen LogP contribution in [0.15, 0.2) is 41.3 Å². The SMILES string of the molecule is Cc1ccc(S(=O)(=O)NCCC(=O)Nc2cc(NC(=O)C(C)C)ccc2C)cc1C. The third-order valence-electron chi connectivity index (χ3n) is 4.74. The van der Waals surface area contributed by atoms with Gasteiger partial charge in [0.05, 0.1) is 4.90 Å². The van der Waals surface area contributed by atoms with Crippen LogP contribution in [-0.2, 0) is 19.6 Å². The lowest BCUT2D eigenvalue weighted by Crippen LogP contribution is -2.28. The van der Waals surface area contributed by atoms with Gasteiger partial charge in [-0.1, -0.05) is 26.0 Å². The van der Waals surface area contributed by atoms with Gasteiger partial charge in [-0.2, -0.15) is 0 Å². The van der Waals surface area contributed by atoms with Crippen LogP contribution >= 0.6 is 0 Å². The molecule has 0 spiro atoms. The zero-order valence-electron chi connectivity index (χ0n) is 18.0. The van der Waals surface area contributed by atoms with E-state index in [1.165, 1.54) is 0 Å². The van der Waals surface area contributed by atoms with Crippen LogP contribution in [0.25, 0.3) is 0 Å². The van der Waals surface area contributed by atoms with Crippen molar-refractivity contribution in [1.82, 2.24) is 4.72 Å². The number of hydrogen-bond acceptors (Lipinski definition) is 4. The van der Waals surface area contributed by atoms with Gasteiger partial charge in [0.2, 0.25) is 21.8 Å². The van der Waals surface area contributed by atoms with Crippen molar-refractivity contribution in [2.75, 3.05) is 17.2 Å². The maximum absolute atomic E-state index is 12.4. The maximum atomic E-state index is 12.4. The highest BCUT2D eigenvalue weighted by Crippen LogP contribution is 2.21. The monoisotopic (exact) mass is 431 g/mol. The molecule has 0 atom stereocenters. The van der Waals surface area contributed by atoms with E-state index >= 15 is 0 Å². The van der Waals surface area contributed by atoms with E-state index in [9.17, 15) is 18.0 Å². The molecule has 8 heteroatoms. The first-order valence-electron chi connectivity index (χ1n) is 9.78. The molecule has 2 aromatic carbocycles. The third-order valence-corrected chi connectivity index (χ3v) is 6.20. The summed E-state index contributed by atoms with van der Waals surface area (Å²) >= 11 is 0. The average Bonchev–Trinajstić information content (AvgIpc) is 2.66. The summed E-state index contributed by atoms with van der Waals surface area (Å²) < 4.78 is 27.3. The van der Waals surface area contributed by atoms with Crippen molar-refractivity contribution in [1.29, 1.82) is 0 Å². The second-order valence-corrected chi connectivity index (χ2v) is 9.38. The summed E-state index contributed by atoms with van der Waals surface area (Å²) in [5.41, 5.74) is 3.89. The molecule has 2 amide bonds. The van der Waals surface area contributed by atoms with Crippen LogP contribution < -0.4 is 15.4 Å². The second kappa shape index (κ2) is 9.86. The second-order valence-electron chi connectivity index (χ2n) is 7.62. The first kappa shape index (κ1) is 23.6. The lowest BCUT2D eigenvalue weighted by Gasteiger charge is -2.13. The number of nitrogens with one attached hydrogen (secondary N) is 3. The molecule has 0 aliphatic rings. The maximum Gasteiger partial charge on any atom is 0.240 e. The molecule has 30 heavy (non-hydrogen) atoms. The molecular weight excluding hydrogens is 402 g/mol. The minimum absolute atomic E-state index is 0.0217. The van der Waals surface area contributed by atoms with E-state index in [0.717, 1.165) is 16.7 Å². The zero-order valence-corrected chi connectivity index (χ0v) is 18.8. The fraction of sp³-hybridized carbons (Fsp3) is 0.364. The van der Waals surface area contributed by atoms with Crippen molar-refractivity contribution in [2.24, 2.45) is 5.92 Å². The molecule has 0 aromatic heterocycles. The van der Waals surface area contributed by atoms with Gasteiger partial charge in [-0.15, -0.1) is 0 Å². The van der Waals surface area contributed by atoms with Gasteiger partial charge in [0, 0.05) is 30.3 Å². The van der Waals surface area contributed by atoms with E-state index in [2.05, 4.69) is 15.4 Å². The van der Waals surface area contributed by atoms with Gasteiger partial charge in [0.1, 0.15) is 0 Å². The number of rotatable bonds is 8. The Kier molecular flexibility index (Phi) is 7.75. The number of sulfonamides is 1. The molecule has 162 valence electrons. The first-order chi connectivity index (χ1) is 14.0. The van der Waals surface area contributed by atoms with E-state index in [0.29, 0.717) is 11.4 Å². The average molecular weight is 432 g/mol. The van der Waals surface area contributed by atoms with E-state index in [4.69, 9.17) is 0 Å². The highest BCUT2D eigenvalue weighted by molar-refractivity contribution is 7.89. The van der Waals surface area contributed by atoms with Gasteiger partial charge in [-0.25, -0.2) is 13.1 Å². The number of carbonyl (C=O) groups is 2. The van der Waals surface area contributed by atoms with Crippen molar-refractivity contribution >= 4 is 33.2 Å². The van der Waals surface area contributed by atoms with Crippen molar-refractivity contribution in [3.8, 4) is 0 Å². The van der Waals surface area contributed by atoms with Crippen LogP contribution in [0.3, 0.4) is 0 Å². The smallest absolute Gasteiger partial charge is 0.240 e. The quantitative estimate of drug-likeness (QED) is 0.595. The van der Waals surface area contributed by atoms with Gasteiger partial charge in [0.15, 0.2) is 0 Å². The predicted octanol–water partition coefficient (Wildman–Crippen LogP) is 3.51. The lowest BCUT2D eigenvalue weighted by molar-refractivity contribution is -0.119. The summed E-state index contributed by atoms with van der Waals surface area (Å²) in [5, 5.41) is 5.56. The topological polar surface area (TPSA) is 104 Å². The molecule has 0 unspecified atom stereocenters. The molecular formula is C22H29N3O4S. The third kappa shape index (κ3) is 6.40. The van der Waals surface area contributed by atoms with Gasteiger partial charge >= 0.3 is 0 Å². The fourth-order valence-electron chi connectivity index (χ4n) is 2.60. The molecule has 3 N–H and O–H groups in total. The van der Waals surface area contributed by atoms with Crippen LogP contribution in [0, 0.1) is 26.7 Å². The predicted molar refractivity (Wildman–Crippen MR) is 119 cm³/mol. The lowest BCUT2D eigenvalue weighted by atomic mass is 10.1. The van der Waals surface area contributed by atoms with Crippen molar-refractivity contribution in [2.45, 2.75) is 45.9 Å². The summed E-state index contributed by atoms with van der Waals surface area (Å²) in [6.45, 7) is 9.17. The zero-order chi connectivity index (χ0) is 22.5. The molecule has 0 aliphatic heterocycles. The molecule has 2 rings (SSSR count). The van der Waals surface area contributed by atoms with E-state index in [-0.39, 0.29) is 35.6 Å². The number of carbonyl (C=O) groups excluding carboxylic acids is 2. The summed E-state index contributed by atoms with van der Waals surface area (Å²) in [4.78, 5) is 24.3. The Morgan fingerprint density at radius 3 is 2.20 bits per heavy atom. The Bertz CT molecular complexity index is 1050. The minimum Gasteiger partial charge on any atom is -0.326 e. The Labute approximate surface area is 178 Å². The van der Waals surface area contributed by atoms with E-state index < -0.39 is 10.0 Å². The molecule has 0 saturated heterocycles. The van der Waals surface area contributed by atoms with Gasteiger partial charge in [-0.05, 0) is 61.7 Å².